The standard InChI is InChI=1S/C15H32N4O3/c1-6-22-15(20)19-13(10-12(2)3)11-18-14(16-4)17-8-7-9-21-5/h12-13H,6-11H2,1-5H3,(H,19,20)(H2,16,17,18). The van der Waals surface area contributed by atoms with Crippen molar-refractivity contribution in [1.29, 1.82) is 0 Å². The number of hydrogen-bond acceptors (Lipinski definition) is 4. The zero-order valence-corrected chi connectivity index (χ0v) is 14.6. The number of guanidine groups is 1. The number of rotatable bonds is 10. The lowest BCUT2D eigenvalue weighted by molar-refractivity contribution is 0.146. The highest BCUT2D eigenvalue weighted by Crippen LogP contribution is 2.04. The van der Waals surface area contributed by atoms with E-state index in [0.29, 0.717) is 25.7 Å². The van der Waals surface area contributed by atoms with Crippen molar-refractivity contribution >= 4 is 12.1 Å². The van der Waals surface area contributed by atoms with Crippen LogP contribution in [0.15, 0.2) is 4.99 Å². The van der Waals surface area contributed by atoms with Crippen LogP contribution in [0.25, 0.3) is 0 Å². The van der Waals surface area contributed by atoms with Gasteiger partial charge in [0.2, 0.25) is 0 Å². The SMILES string of the molecule is CCOC(=O)NC(CNC(=NC)NCCCOC)CC(C)C. The van der Waals surface area contributed by atoms with E-state index >= 15 is 0 Å². The molecule has 0 aromatic heterocycles. The van der Waals surface area contributed by atoms with Gasteiger partial charge >= 0.3 is 6.09 Å². The number of hydrogen-bond donors (Lipinski definition) is 3. The van der Waals surface area contributed by atoms with Gasteiger partial charge in [-0.3, -0.25) is 4.99 Å². The van der Waals surface area contributed by atoms with Gasteiger partial charge in [-0.05, 0) is 25.7 Å². The molecule has 0 aliphatic rings. The van der Waals surface area contributed by atoms with E-state index in [9.17, 15) is 4.79 Å². The van der Waals surface area contributed by atoms with Crippen LogP contribution < -0.4 is 16.0 Å². The Hall–Kier alpha value is -1.50. The van der Waals surface area contributed by atoms with Crippen molar-refractivity contribution in [3.8, 4) is 0 Å². The van der Waals surface area contributed by atoms with Gasteiger partial charge in [-0.2, -0.15) is 0 Å². The van der Waals surface area contributed by atoms with Crippen molar-refractivity contribution in [3.63, 3.8) is 0 Å². The van der Waals surface area contributed by atoms with Crippen molar-refractivity contribution in [2.75, 3.05) is 40.5 Å². The summed E-state index contributed by atoms with van der Waals surface area (Å²) in [6.45, 7) is 8.51. The van der Waals surface area contributed by atoms with Crippen LogP contribution in [0.4, 0.5) is 4.79 Å². The van der Waals surface area contributed by atoms with E-state index in [1.807, 2.05) is 0 Å². The van der Waals surface area contributed by atoms with E-state index in [2.05, 4.69) is 34.8 Å². The van der Waals surface area contributed by atoms with Gasteiger partial charge in [0.15, 0.2) is 5.96 Å². The lowest BCUT2D eigenvalue weighted by atomic mass is 10.0. The minimum atomic E-state index is -0.377. The number of amides is 1. The third kappa shape index (κ3) is 11.2. The zero-order chi connectivity index (χ0) is 16.8. The van der Waals surface area contributed by atoms with Crippen LogP contribution >= 0.6 is 0 Å². The second kappa shape index (κ2) is 13.2. The lowest BCUT2D eigenvalue weighted by Crippen LogP contribution is -2.47. The summed E-state index contributed by atoms with van der Waals surface area (Å²) in [4.78, 5) is 15.7. The van der Waals surface area contributed by atoms with E-state index in [1.54, 1.807) is 21.1 Å². The maximum Gasteiger partial charge on any atom is 0.407 e. The molecule has 0 rings (SSSR count). The average Bonchev–Trinajstić information content (AvgIpc) is 2.46. The Labute approximate surface area is 134 Å². The Morgan fingerprint density at radius 3 is 2.55 bits per heavy atom. The normalized spacial score (nSPS) is 12.9. The molecule has 1 unspecified atom stereocenters. The molecule has 0 aromatic rings. The third-order valence-electron chi connectivity index (χ3n) is 2.91. The molecule has 0 aliphatic carbocycles. The Balaban J connectivity index is 4.24. The second-order valence-electron chi connectivity index (χ2n) is 5.42. The zero-order valence-electron chi connectivity index (χ0n) is 14.6. The molecule has 0 heterocycles. The fourth-order valence-corrected chi connectivity index (χ4v) is 1.97. The maximum absolute atomic E-state index is 11.6. The number of methoxy groups -OCH3 is 1. The summed E-state index contributed by atoms with van der Waals surface area (Å²) < 4.78 is 9.95. The predicted octanol–water partition coefficient (Wildman–Crippen LogP) is 1.35. The van der Waals surface area contributed by atoms with Crippen LogP contribution in [0.2, 0.25) is 0 Å². The summed E-state index contributed by atoms with van der Waals surface area (Å²) >= 11 is 0. The summed E-state index contributed by atoms with van der Waals surface area (Å²) in [6.07, 6.45) is 1.40. The summed E-state index contributed by atoms with van der Waals surface area (Å²) in [7, 11) is 3.41. The number of carbonyl (C=O) groups excluding carboxylic acids is 1. The first kappa shape index (κ1) is 20.5. The van der Waals surface area contributed by atoms with E-state index in [4.69, 9.17) is 9.47 Å². The number of ether oxygens (including phenoxy) is 2. The summed E-state index contributed by atoms with van der Waals surface area (Å²) in [5.41, 5.74) is 0. The summed E-state index contributed by atoms with van der Waals surface area (Å²) in [5.74, 6) is 1.20. The van der Waals surface area contributed by atoms with Gasteiger partial charge < -0.3 is 25.4 Å². The Morgan fingerprint density at radius 2 is 2.00 bits per heavy atom. The Kier molecular flexibility index (Phi) is 12.3. The van der Waals surface area contributed by atoms with Crippen LogP contribution in [-0.4, -0.2) is 58.6 Å². The highest BCUT2D eigenvalue weighted by molar-refractivity contribution is 5.79. The van der Waals surface area contributed by atoms with E-state index in [0.717, 1.165) is 25.3 Å². The number of alkyl carbamates (subject to hydrolysis) is 1. The first-order valence-corrected chi connectivity index (χ1v) is 7.90. The smallest absolute Gasteiger partial charge is 0.407 e. The van der Waals surface area contributed by atoms with Crippen molar-refractivity contribution in [3.05, 3.63) is 0 Å². The minimum absolute atomic E-state index is 0.00317. The molecule has 1 atom stereocenters. The molecule has 0 radical (unpaired) electrons. The Bertz CT molecular complexity index is 322. The molecule has 7 nitrogen and oxygen atoms in total. The molecule has 0 aromatic carbocycles. The first-order chi connectivity index (χ1) is 10.5. The largest absolute Gasteiger partial charge is 0.450 e. The molecule has 0 saturated carbocycles. The molecule has 0 fully saturated rings. The molecule has 0 saturated heterocycles. The number of nitrogens with one attached hydrogen (secondary N) is 3. The van der Waals surface area contributed by atoms with Gasteiger partial charge in [0.25, 0.3) is 0 Å². The van der Waals surface area contributed by atoms with Crippen LogP contribution in [-0.2, 0) is 9.47 Å². The second-order valence-corrected chi connectivity index (χ2v) is 5.42. The fraction of sp³-hybridized carbons (Fsp3) is 0.867. The Morgan fingerprint density at radius 1 is 1.27 bits per heavy atom. The van der Waals surface area contributed by atoms with Gasteiger partial charge in [0, 0.05) is 39.9 Å². The number of nitrogens with zero attached hydrogens (tertiary/aromatic N) is 1. The van der Waals surface area contributed by atoms with E-state index in [-0.39, 0.29) is 12.1 Å². The molecule has 0 spiro atoms. The minimum Gasteiger partial charge on any atom is -0.450 e. The number of aliphatic imine (C=N–C) groups is 1. The molecular weight excluding hydrogens is 284 g/mol. The van der Waals surface area contributed by atoms with Crippen LogP contribution in [0, 0.1) is 5.92 Å². The van der Waals surface area contributed by atoms with Gasteiger partial charge in [-0.25, -0.2) is 4.79 Å². The molecule has 130 valence electrons. The summed E-state index contributed by atoms with van der Waals surface area (Å²) in [5, 5.41) is 9.31. The van der Waals surface area contributed by atoms with Crippen molar-refractivity contribution in [1.82, 2.24) is 16.0 Å². The topological polar surface area (TPSA) is 84.0 Å². The van der Waals surface area contributed by atoms with Crippen molar-refractivity contribution < 1.29 is 14.3 Å². The molecule has 7 heteroatoms. The summed E-state index contributed by atoms with van der Waals surface area (Å²) in [6, 6.07) is -0.00317. The highest BCUT2D eigenvalue weighted by Gasteiger charge is 2.15. The first-order valence-electron chi connectivity index (χ1n) is 7.90. The van der Waals surface area contributed by atoms with Gasteiger partial charge in [-0.15, -0.1) is 0 Å². The highest BCUT2D eigenvalue weighted by atomic mass is 16.5. The van der Waals surface area contributed by atoms with Crippen LogP contribution in [0.1, 0.15) is 33.6 Å². The number of carbonyl (C=O) groups is 1. The van der Waals surface area contributed by atoms with Gasteiger partial charge in [0.05, 0.1) is 6.61 Å². The van der Waals surface area contributed by atoms with Crippen molar-refractivity contribution in [2.45, 2.75) is 39.7 Å². The van der Waals surface area contributed by atoms with Crippen LogP contribution in [0.5, 0.6) is 0 Å². The molecule has 3 N–H and O–H groups in total. The molecule has 0 bridgehead atoms. The molecular formula is C15H32N4O3. The lowest BCUT2D eigenvalue weighted by Gasteiger charge is -2.22. The van der Waals surface area contributed by atoms with Crippen LogP contribution in [0.3, 0.4) is 0 Å². The maximum atomic E-state index is 11.6. The van der Waals surface area contributed by atoms with Gasteiger partial charge in [0.1, 0.15) is 0 Å². The van der Waals surface area contributed by atoms with E-state index < -0.39 is 0 Å². The van der Waals surface area contributed by atoms with E-state index in [1.165, 1.54) is 0 Å². The molecule has 1 amide bonds. The van der Waals surface area contributed by atoms with Crippen molar-refractivity contribution in [2.24, 2.45) is 10.9 Å². The quantitative estimate of drug-likeness (QED) is 0.322. The molecule has 22 heavy (non-hydrogen) atoms. The monoisotopic (exact) mass is 316 g/mol. The predicted molar refractivity (Wildman–Crippen MR) is 89.3 cm³/mol. The molecule has 0 aliphatic heterocycles. The fourth-order valence-electron chi connectivity index (χ4n) is 1.97. The third-order valence-corrected chi connectivity index (χ3v) is 2.91. The average molecular weight is 316 g/mol. The van der Waals surface area contributed by atoms with Gasteiger partial charge in [-0.1, -0.05) is 13.8 Å².